The van der Waals surface area contributed by atoms with Gasteiger partial charge in [0.25, 0.3) is 5.91 Å². The molecule has 8 heteroatoms. The molecule has 2 heterocycles. The molecule has 0 saturated carbocycles. The number of ether oxygens (including phenoxy) is 1. The fourth-order valence-corrected chi connectivity index (χ4v) is 1.62. The highest BCUT2D eigenvalue weighted by Crippen LogP contribution is 2.17. The number of pyridine rings is 1. The number of aliphatic carboxylic acids is 1. The molecule has 0 bridgehead atoms. The fraction of sp³-hybridized carbons (Fsp3) is 0.286. The third-order valence-corrected chi connectivity index (χ3v) is 3.13. The number of hydrogen-bond acceptors (Lipinski definition) is 5. The molecule has 1 amide bonds. The van der Waals surface area contributed by atoms with Gasteiger partial charge in [-0.1, -0.05) is 0 Å². The van der Waals surface area contributed by atoms with Crippen LogP contribution in [0.3, 0.4) is 0 Å². The van der Waals surface area contributed by atoms with Gasteiger partial charge in [0.2, 0.25) is 5.88 Å². The molecule has 0 aliphatic rings. The maximum absolute atomic E-state index is 12.0. The molecule has 2 aromatic rings. The van der Waals surface area contributed by atoms with E-state index in [1.807, 2.05) is 0 Å². The maximum Gasteiger partial charge on any atom is 0.331 e. The van der Waals surface area contributed by atoms with E-state index in [2.05, 4.69) is 15.4 Å². The van der Waals surface area contributed by atoms with E-state index in [0.717, 1.165) is 0 Å². The summed E-state index contributed by atoms with van der Waals surface area (Å²) in [4.78, 5) is 27.2. The predicted molar refractivity (Wildman–Crippen MR) is 77.9 cm³/mol. The smallest absolute Gasteiger partial charge is 0.331 e. The third-order valence-electron chi connectivity index (χ3n) is 3.13. The highest BCUT2D eigenvalue weighted by Gasteiger charge is 2.30. The summed E-state index contributed by atoms with van der Waals surface area (Å²) in [5, 5.41) is 15.8. The summed E-state index contributed by atoms with van der Waals surface area (Å²) in [5.74, 6) is -0.749. The number of nitrogens with one attached hydrogen (secondary N) is 1. The van der Waals surface area contributed by atoms with Crippen molar-refractivity contribution in [1.82, 2.24) is 14.8 Å². The largest absolute Gasteiger partial charge is 0.481 e. The van der Waals surface area contributed by atoms with E-state index < -0.39 is 17.4 Å². The molecule has 2 N–H and O–H groups in total. The standard InChI is InChI=1S/C14H16N4O4/c1-14(2,13(20)21)18-7-6-10(17-18)16-12(19)9-4-5-11(22-3)15-8-9/h4-8H,1-3H3,(H,20,21)(H,16,17,19). The molecule has 8 nitrogen and oxygen atoms in total. The molecule has 0 atom stereocenters. The van der Waals surface area contributed by atoms with Crippen LogP contribution in [0.5, 0.6) is 5.88 Å². The first-order valence-corrected chi connectivity index (χ1v) is 6.45. The lowest BCUT2D eigenvalue weighted by Crippen LogP contribution is -2.36. The fourth-order valence-electron chi connectivity index (χ4n) is 1.62. The van der Waals surface area contributed by atoms with Gasteiger partial charge in [0.05, 0.1) is 12.7 Å². The van der Waals surface area contributed by atoms with Crippen LogP contribution in [-0.4, -0.2) is 38.9 Å². The topological polar surface area (TPSA) is 106 Å². The molecule has 116 valence electrons. The molecule has 0 fully saturated rings. The van der Waals surface area contributed by atoms with Crippen LogP contribution in [0.2, 0.25) is 0 Å². The van der Waals surface area contributed by atoms with Crippen molar-refractivity contribution in [2.24, 2.45) is 0 Å². The van der Waals surface area contributed by atoms with Crippen molar-refractivity contribution in [2.45, 2.75) is 19.4 Å². The normalized spacial score (nSPS) is 11.0. The highest BCUT2D eigenvalue weighted by molar-refractivity contribution is 6.03. The van der Waals surface area contributed by atoms with Crippen LogP contribution in [0, 0.1) is 0 Å². The van der Waals surface area contributed by atoms with Crippen LogP contribution in [0.15, 0.2) is 30.6 Å². The van der Waals surface area contributed by atoms with Crippen molar-refractivity contribution >= 4 is 17.7 Å². The third kappa shape index (κ3) is 3.05. The number of amides is 1. The Labute approximate surface area is 126 Å². The van der Waals surface area contributed by atoms with Gasteiger partial charge in [-0.05, 0) is 19.9 Å². The Morgan fingerprint density at radius 2 is 2.05 bits per heavy atom. The SMILES string of the molecule is COc1ccc(C(=O)Nc2ccn(C(C)(C)C(=O)O)n2)cn1. The van der Waals surface area contributed by atoms with Gasteiger partial charge in [0.1, 0.15) is 0 Å². The second-order valence-electron chi connectivity index (χ2n) is 5.05. The number of carboxylic acid groups (broad SMARTS) is 1. The van der Waals surface area contributed by atoms with Gasteiger partial charge in [-0.3, -0.25) is 9.48 Å². The number of aromatic nitrogens is 3. The summed E-state index contributed by atoms with van der Waals surface area (Å²) in [7, 11) is 1.49. The first-order chi connectivity index (χ1) is 10.3. The number of carboxylic acids is 1. The summed E-state index contributed by atoms with van der Waals surface area (Å²) >= 11 is 0. The molecule has 0 radical (unpaired) electrons. The monoisotopic (exact) mass is 304 g/mol. The molecule has 0 aliphatic heterocycles. The first-order valence-electron chi connectivity index (χ1n) is 6.45. The molecule has 0 aromatic carbocycles. The van der Waals surface area contributed by atoms with Gasteiger partial charge in [-0.15, -0.1) is 0 Å². The zero-order valence-electron chi connectivity index (χ0n) is 12.4. The summed E-state index contributed by atoms with van der Waals surface area (Å²) in [6.45, 7) is 3.03. The summed E-state index contributed by atoms with van der Waals surface area (Å²) in [6, 6.07) is 4.67. The summed E-state index contributed by atoms with van der Waals surface area (Å²) in [5.41, 5.74) is -0.863. The van der Waals surface area contributed by atoms with Crippen LogP contribution < -0.4 is 10.1 Å². The first kappa shape index (κ1) is 15.5. The van der Waals surface area contributed by atoms with Crippen LogP contribution in [0.4, 0.5) is 5.82 Å². The summed E-state index contributed by atoms with van der Waals surface area (Å²) < 4.78 is 6.19. The van der Waals surface area contributed by atoms with E-state index in [0.29, 0.717) is 11.4 Å². The number of hydrogen-bond donors (Lipinski definition) is 2. The van der Waals surface area contributed by atoms with Gasteiger partial charge in [0.15, 0.2) is 11.4 Å². The average molecular weight is 304 g/mol. The van der Waals surface area contributed by atoms with E-state index >= 15 is 0 Å². The minimum Gasteiger partial charge on any atom is -0.481 e. The highest BCUT2D eigenvalue weighted by atomic mass is 16.5. The van der Waals surface area contributed by atoms with Crippen LogP contribution in [0.25, 0.3) is 0 Å². The molecule has 2 rings (SSSR count). The van der Waals surface area contributed by atoms with Crippen LogP contribution >= 0.6 is 0 Å². The maximum atomic E-state index is 12.0. The molecule has 2 aromatic heterocycles. The molecule has 0 saturated heterocycles. The van der Waals surface area contributed by atoms with E-state index in [4.69, 9.17) is 9.84 Å². The van der Waals surface area contributed by atoms with Crippen molar-refractivity contribution in [1.29, 1.82) is 0 Å². The van der Waals surface area contributed by atoms with Crippen molar-refractivity contribution in [3.63, 3.8) is 0 Å². The molecule has 0 aliphatic carbocycles. The molecule has 22 heavy (non-hydrogen) atoms. The van der Waals surface area contributed by atoms with Crippen molar-refractivity contribution in [3.05, 3.63) is 36.2 Å². The summed E-state index contributed by atoms with van der Waals surface area (Å²) in [6.07, 6.45) is 2.88. The Kier molecular flexibility index (Phi) is 4.11. The minimum absolute atomic E-state index is 0.259. The lowest BCUT2D eigenvalue weighted by molar-refractivity contribution is -0.146. The Morgan fingerprint density at radius 1 is 1.32 bits per heavy atom. The van der Waals surface area contributed by atoms with Crippen molar-refractivity contribution in [3.8, 4) is 5.88 Å². The second-order valence-corrected chi connectivity index (χ2v) is 5.05. The number of rotatable bonds is 5. The zero-order valence-corrected chi connectivity index (χ0v) is 12.4. The Balaban J connectivity index is 2.12. The number of carbonyl (C=O) groups excluding carboxylic acids is 1. The number of methoxy groups -OCH3 is 1. The van der Waals surface area contributed by atoms with Crippen LogP contribution in [-0.2, 0) is 10.3 Å². The lowest BCUT2D eigenvalue weighted by Gasteiger charge is -2.19. The van der Waals surface area contributed by atoms with Crippen LogP contribution in [0.1, 0.15) is 24.2 Å². The molecule has 0 spiro atoms. The average Bonchev–Trinajstić information content (AvgIpc) is 2.96. The second kappa shape index (κ2) is 5.84. The number of anilines is 1. The van der Waals surface area contributed by atoms with E-state index in [-0.39, 0.29) is 5.82 Å². The lowest BCUT2D eigenvalue weighted by atomic mass is 10.1. The number of nitrogens with zero attached hydrogens (tertiary/aromatic N) is 3. The van der Waals surface area contributed by atoms with Gasteiger partial charge in [-0.25, -0.2) is 9.78 Å². The Morgan fingerprint density at radius 3 is 2.59 bits per heavy atom. The Hall–Kier alpha value is -2.90. The zero-order chi connectivity index (χ0) is 16.3. The Bertz CT molecular complexity index is 691. The minimum atomic E-state index is -1.20. The molecular formula is C14H16N4O4. The predicted octanol–water partition coefficient (Wildman–Crippen LogP) is 1.36. The quantitative estimate of drug-likeness (QED) is 0.863. The van der Waals surface area contributed by atoms with Gasteiger partial charge in [-0.2, -0.15) is 5.10 Å². The van der Waals surface area contributed by atoms with Gasteiger partial charge in [0, 0.05) is 24.5 Å². The van der Waals surface area contributed by atoms with E-state index in [9.17, 15) is 9.59 Å². The van der Waals surface area contributed by atoms with E-state index in [1.165, 1.54) is 44.1 Å². The van der Waals surface area contributed by atoms with Gasteiger partial charge >= 0.3 is 5.97 Å². The number of carbonyl (C=O) groups is 2. The molecule has 0 unspecified atom stereocenters. The van der Waals surface area contributed by atoms with Crippen molar-refractivity contribution in [2.75, 3.05) is 12.4 Å². The molecular weight excluding hydrogens is 288 g/mol. The van der Waals surface area contributed by atoms with Crippen molar-refractivity contribution < 1.29 is 19.4 Å². The van der Waals surface area contributed by atoms with E-state index in [1.54, 1.807) is 12.1 Å². The van der Waals surface area contributed by atoms with Gasteiger partial charge < -0.3 is 15.2 Å².